The molecule has 1 aromatic carbocycles. The highest BCUT2D eigenvalue weighted by Gasteiger charge is 2.00. The first-order valence-corrected chi connectivity index (χ1v) is 4.75. The summed E-state index contributed by atoms with van der Waals surface area (Å²) in [6, 6.07) is 8.29. The number of nitrogens with two attached hydrogens (primary N) is 1. The Labute approximate surface area is 86.0 Å². The van der Waals surface area contributed by atoms with Gasteiger partial charge >= 0.3 is 0 Å². The molecule has 2 heteroatoms. The third kappa shape index (κ3) is 2.98. The molecule has 0 saturated heterocycles. The van der Waals surface area contributed by atoms with Crippen molar-refractivity contribution in [2.45, 2.75) is 12.6 Å². The first-order chi connectivity index (χ1) is 6.63. The van der Waals surface area contributed by atoms with Gasteiger partial charge in [-0.15, -0.1) is 6.58 Å². The Morgan fingerprint density at radius 2 is 1.93 bits per heavy atom. The fourth-order valence-corrected chi connectivity index (χ4v) is 1.35. The summed E-state index contributed by atoms with van der Waals surface area (Å²) in [6.45, 7) is 4.64. The van der Waals surface area contributed by atoms with Gasteiger partial charge in [0.15, 0.2) is 0 Å². The van der Waals surface area contributed by atoms with Crippen LogP contribution in [0.5, 0.6) is 0 Å². The second-order valence-corrected chi connectivity index (χ2v) is 3.74. The standard InChI is InChI=1S/C12H18N2/c1-4-12(13)11-7-5-10(6-8-11)9-14(2)3/h4-8,12H,1,9,13H2,2-3H3/t12-/m0/s1. The molecule has 0 radical (unpaired) electrons. The molecule has 0 aliphatic heterocycles. The van der Waals surface area contributed by atoms with Crippen molar-refractivity contribution in [1.29, 1.82) is 0 Å². The molecule has 1 aromatic rings. The summed E-state index contributed by atoms with van der Waals surface area (Å²) in [5.41, 5.74) is 8.23. The number of benzene rings is 1. The van der Waals surface area contributed by atoms with Crippen LogP contribution in [0.2, 0.25) is 0 Å². The van der Waals surface area contributed by atoms with Crippen molar-refractivity contribution in [1.82, 2.24) is 4.90 Å². The van der Waals surface area contributed by atoms with Gasteiger partial charge in [-0.3, -0.25) is 0 Å². The Morgan fingerprint density at radius 1 is 1.36 bits per heavy atom. The molecule has 76 valence electrons. The Kier molecular flexibility index (Phi) is 3.86. The lowest BCUT2D eigenvalue weighted by molar-refractivity contribution is 0.402. The summed E-state index contributed by atoms with van der Waals surface area (Å²) in [7, 11) is 4.12. The molecule has 0 amide bonds. The van der Waals surface area contributed by atoms with Crippen LogP contribution in [-0.4, -0.2) is 19.0 Å². The van der Waals surface area contributed by atoms with Crippen LogP contribution in [-0.2, 0) is 6.54 Å². The molecule has 0 aliphatic rings. The molecule has 1 atom stereocenters. The molecular formula is C12H18N2. The topological polar surface area (TPSA) is 29.3 Å². The van der Waals surface area contributed by atoms with Crippen molar-refractivity contribution in [2.75, 3.05) is 14.1 Å². The smallest absolute Gasteiger partial charge is 0.0478 e. The monoisotopic (exact) mass is 190 g/mol. The minimum Gasteiger partial charge on any atom is -0.321 e. The van der Waals surface area contributed by atoms with E-state index in [1.54, 1.807) is 6.08 Å². The van der Waals surface area contributed by atoms with E-state index < -0.39 is 0 Å². The first kappa shape index (κ1) is 11.0. The lowest BCUT2D eigenvalue weighted by Gasteiger charge is -2.11. The molecule has 0 unspecified atom stereocenters. The van der Waals surface area contributed by atoms with Gasteiger partial charge in [0.2, 0.25) is 0 Å². The van der Waals surface area contributed by atoms with Crippen LogP contribution in [0.25, 0.3) is 0 Å². The van der Waals surface area contributed by atoms with Gasteiger partial charge in [-0.25, -0.2) is 0 Å². The second-order valence-electron chi connectivity index (χ2n) is 3.74. The highest BCUT2D eigenvalue weighted by Crippen LogP contribution is 2.12. The zero-order valence-electron chi connectivity index (χ0n) is 8.90. The minimum atomic E-state index is -0.0524. The maximum Gasteiger partial charge on any atom is 0.0478 e. The summed E-state index contributed by atoms with van der Waals surface area (Å²) >= 11 is 0. The largest absolute Gasteiger partial charge is 0.321 e. The fourth-order valence-electron chi connectivity index (χ4n) is 1.35. The number of hydrogen-bond donors (Lipinski definition) is 1. The van der Waals surface area contributed by atoms with Crippen molar-refractivity contribution in [3.63, 3.8) is 0 Å². The quantitative estimate of drug-likeness (QED) is 0.735. The second kappa shape index (κ2) is 4.94. The van der Waals surface area contributed by atoms with Crippen LogP contribution in [0.15, 0.2) is 36.9 Å². The molecule has 1 rings (SSSR count). The average Bonchev–Trinajstić information content (AvgIpc) is 2.17. The van der Waals surface area contributed by atoms with Gasteiger partial charge in [-0.05, 0) is 25.2 Å². The minimum absolute atomic E-state index is 0.0524. The number of rotatable bonds is 4. The van der Waals surface area contributed by atoms with E-state index in [9.17, 15) is 0 Å². The predicted octanol–water partition coefficient (Wildman–Crippen LogP) is 1.93. The van der Waals surface area contributed by atoms with E-state index in [0.717, 1.165) is 12.1 Å². The van der Waals surface area contributed by atoms with Crippen molar-refractivity contribution in [3.05, 3.63) is 48.0 Å². The Balaban J connectivity index is 2.73. The summed E-state index contributed by atoms with van der Waals surface area (Å²) in [4.78, 5) is 2.14. The van der Waals surface area contributed by atoms with Crippen LogP contribution in [0, 0.1) is 0 Å². The zero-order chi connectivity index (χ0) is 10.6. The van der Waals surface area contributed by atoms with Crippen LogP contribution in [0.4, 0.5) is 0 Å². The van der Waals surface area contributed by atoms with Gasteiger partial charge in [-0.2, -0.15) is 0 Å². The molecular weight excluding hydrogens is 172 g/mol. The average molecular weight is 190 g/mol. The summed E-state index contributed by atoms with van der Waals surface area (Å²) < 4.78 is 0. The van der Waals surface area contributed by atoms with Crippen LogP contribution in [0.3, 0.4) is 0 Å². The molecule has 0 aromatic heterocycles. The van der Waals surface area contributed by atoms with Crippen LogP contribution < -0.4 is 5.73 Å². The molecule has 0 bridgehead atoms. The molecule has 2 nitrogen and oxygen atoms in total. The highest BCUT2D eigenvalue weighted by molar-refractivity contribution is 5.26. The molecule has 0 saturated carbocycles. The van der Waals surface area contributed by atoms with Gasteiger partial charge in [0.25, 0.3) is 0 Å². The SMILES string of the molecule is C=C[C@H](N)c1ccc(CN(C)C)cc1. The van der Waals surface area contributed by atoms with E-state index in [1.165, 1.54) is 5.56 Å². The van der Waals surface area contributed by atoms with E-state index in [0.29, 0.717) is 0 Å². The van der Waals surface area contributed by atoms with Gasteiger partial charge in [0, 0.05) is 12.6 Å². The lowest BCUT2D eigenvalue weighted by Crippen LogP contribution is -2.11. The highest BCUT2D eigenvalue weighted by atomic mass is 15.0. The predicted molar refractivity (Wildman–Crippen MR) is 61.0 cm³/mol. The van der Waals surface area contributed by atoms with E-state index in [1.807, 2.05) is 0 Å². The maximum atomic E-state index is 5.82. The van der Waals surface area contributed by atoms with Gasteiger partial charge in [0.1, 0.15) is 0 Å². The first-order valence-electron chi connectivity index (χ1n) is 4.75. The van der Waals surface area contributed by atoms with Crippen molar-refractivity contribution in [3.8, 4) is 0 Å². The summed E-state index contributed by atoms with van der Waals surface area (Å²) in [5, 5.41) is 0. The molecule has 14 heavy (non-hydrogen) atoms. The van der Waals surface area contributed by atoms with Crippen molar-refractivity contribution < 1.29 is 0 Å². The van der Waals surface area contributed by atoms with E-state index in [2.05, 4.69) is 49.8 Å². The van der Waals surface area contributed by atoms with Crippen LogP contribution >= 0.6 is 0 Å². The van der Waals surface area contributed by atoms with E-state index >= 15 is 0 Å². The van der Waals surface area contributed by atoms with E-state index in [4.69, 9.17) is 5.73 Å². The maximum absolute atomic E-state index is 5.82. The Morgan fingerprint density at radius 3 is 2.36 bits per heavy atom. The van der Waals surface area contributed by atoms with Crippen molar-refractivity contribution in [2.24, 2.45) is 5.73 Å². The van der Waals surface area contributed by atoms with Gasteiger partial charge in [0.05, 0.1) is 0 Å². The number of hydrogen-bond acceptors (Lipinski definition) is 2. The Bertz CT molecular complexity index is 288. The van der Waals surface area contributed by atoms with Crippen molar-refractivity contribution >= 4 is 0 Å². The van der Waals surface area contributed by atoms with Crippen LogP contribution in [0.1, 0.15) is 17.2 Å². The van der Waals surface area contributed by atoms with Gasteiger partial charge < -0.3 is 10.6 Å². The van der Waals surface area contributed by atoms with E-state index in [-0.39, 0.29) is 6.04 Å². The number of nitrogens with zero attached hydrogens (tertiary/aromatic N) is 1. The lowest BCUT2D eigenvalue weighted by atomic mass is 10.1. The molecule has 0 fully saturated rings. The summed E-state index contributed by atoms with van der Waals surface area (Å²) in [6.07, 6.45) is 1.75. The molecule has 2 N–H and O–H groups in total. The zero-order valence-corrected chi connectivity index (χ0v) is 8.90. The summed E-state index contributed by atoms with van der Waals surface area (Å²) in [5.74, 6) is 0. The fraction of sp³-hybridized carbons (Fsp3) is 0.333. The molecule has 0 heterocycles. The van der Waals surface area contributed by atoms with Gasteiger partial charge in [-0.1, -0.05) is 30.3 Å². The molecule has 0 spiro atoms. The Hall–Kier alpha value is -1.12. The normalized spacial score (nSPS) is 12.9. The molecule has 0 aliphatic carbocycles. The third-order valence-corrected chi connectivity index (χ3v) is 2.12. The third-order valence-electron chi connectivity index (χ3n) is 2.12.